The fourth-order valence-electron chi connectivity index (χ4n) is 1.83. The van der Waals surface area contributed by atoms with Gasteiger partial charge in [-0.2, -0.15) is 0 Å². The van der Waals surface area contributed by atoms with Crippen molar-refractivity contribution < 1.29 is 14.3 Å². The van der Waals surface area contributed by atoms with Gasteiger partial charge in [-0.25, -0.2) is 4.79 Å². The highest BCUT2D eigenvalue weighted by Crippen LogP contribution is 2.23. The summed E-state index contributed by atoms with van der Waals surface area (Å²) < 4.78 is 4.54. The molecule has 0 aliphatic heterocycles. The number of ether oxygens (including phenoxy) is 1. The molecule has 1 N–H and O–H groups in total. The average molecular weight is 243 g/mol. The maximum absolute atomic E-state index is 11.4. The number of carbonyl (C=O) groups excluding carboxylic acids is 2. The molecule has 1 aromatic carbocycles. The Labute approximate surface area is 104 Å². The Morgan fingerprint density at radius 1 is 1.33 bits per heavy atom. The van der Waals surface area contributed by atoms with Crippen LogP contribution in [0.2, 0.25) is 0 Å². The lowest BCUT2D eigenvalue weighted by molar-refractivity contribution is -0.134. The lowest BCUT2D eigenvalue weighted by atomic mass is 10.1. The molecule has 0 saturated heterocycles. The summed E-state index contributed by atoms with van der Waals surface area (Å²) >= 11 is 0. The number of methoxy groups -OCH3 is 1. The smallest absolute Gasteiger partial charge is 0.330 e. The standard InChI is InChI=1S/C14H13NO3/c1-9(16)12-8-15-14-10(4-3-5-11(12)14)6-7-13(17)18-2/h3-8,15H,1-2H3. The molecule has 1 heterocycles. The van der Waals surface area contributed by atoms with Crippen LogP contribution in [0.1, 0.15) is 22.8 Å². The van der Waals surface area contributed by atoms with Gasteiger partial charge in [0, 0.05) is 23.2 Å². The number of aromatic nitrogens is 1. The van der Waals surface area contributed by atoms with E-state index in [0.717, 1.165) is 16.5 Å². The third-order valence-corrected chi connectivity index (χ3v) is 2.73. The average Bonchev–Trinajstić information content (AvgIpc) is 2.80. The zero-order valence-corrected chi connectivity index (χ0v) is 10.2. The lowest BCUT2D eigenvalue weighted by Crippen LogP contribution is -1.93. The van der Waals surface area contributed by atoms with Gasteiger partial charge >= 0.3 is 5.97 Å². The molecule has 2 aromatic rings. The number of rotatable bonds is 3. The van der Waals surface area contributed by atoms with Gasteiger partial charge in [0.05, 0.1) is 12.6 Å². The molecule has 92 valence electrons. The molecule has 0 saturated carbocycles. The SMILES string of the molecule is COC(=O)C=Cc1cccc2c(C(C)=O)c[nH]c12. The second kappa shape index (κ2) is 4.87. The Hall–Kier alpha value is -2.36. The van der Waals surface area contributed by atoms with E-state index in [4.69, 9.17) is 0 Å². The molecule has 18 heavy (non-hydrogen) atoms. The summed E-state index contributed by atoms with van der Waals surface area (Å²) in [7, 11) is 1.33. The number of esters is 1. The molecular formula is C14H13NO3. The molecule has 1 aromatic heterocycles. The van der Waals surface area contributed by atoms with E-state index in [2.05, 4.69) is 9.72 Å². The van der Waals surface area contributed by atoms with Crippen LogP contribution in [0.25, 0.3) is 17.0 Å². The summed E-state index contributed by atoms with van der Waals surface area (Å²) in [6.07, 6.45) is 4.69. The zero-order chi connectivity index (χ0) is 13.1. The highest BCUT2D eigenvalue weighted by Gasteiger charge is 2.09. The number of nitrogens with one attached hydrogen (secondary N) is 1. The van der Waals surface area contributed by atoms with Crippen molar-refractivity contribution in [3.05, 3.63) is 41.6 Å². The van der Waals surface area contributed by atoms with Gasteiger partial charge in [-0.1, -0.05) is 18.2 Å². The number of H-pyrrole nitrogens is 1. The Bertz CT molecular complexity index is 638. The van der Waals surface area contributed by atoms with E-state index in [1.807, 2.05) is 18.2 Å². The van der Waals surface area contributed by atoms with Gasteiger partial charge in [0.25, 0.3) is 0 Å². The van der Waals surface area contributed by atoms with Crippen LogP contribution < -0.4 is 0 Å². The van der Waals surface area contributed by atoms with Gasteiger partial charge in [-0.15, -0.1) is 0 Å². The largest absolute Gasteiger partial charge is 0.466 e. The van der Waals surface area contributed by atoms with Crippen molar-refractivity contribution in [2.24, 2.45) is 0 Å². The first-order valence-corrected chi connectivity index (χ1v) is 5.50. The number of hydrogen-bond donors (Lipinski definition) is 1. The molecule has 0 amide bonds. The second-order valence-corrected chi connectivity index (χ2v) is 3.88. The monoisotopic (exact) mass is 243 g/mol. The fraction of sp³-hybridized carbons (Fsp3) is 0.143. The van der Waals surface area contributed by atoms with Crippen LogP contribution in [-0.2, 0) is 9.53 Å². The highest BCUT2D eigenvalue weighted by atomic mass is 16.5. The van der Waals surface area contributed by atoms with E-state index in [1.165, 1.54) is 20.1 Å². The minimum absolute atomic E-state index is 0.00958. The number of hydrogen-bond acceptors (Lipinski definition) is 3. The van der Waals surface area contributed by atoms with Crippen LogP contribution in [0, 0.1) is 0 Å². The highest BCUT2D eigenvalue weighted by molar-refractivity contribution is 6.08. The summed E-state index contributed by atoms with van der Waals surface area (Å²) in [6, 6.07) is 5.58. The van der Waals surface area contributed by atoms with E-state index < -0.39 is 5.97 Å². The summed E-state index contributed by atoms with van der Waals surface area (Å²) in [5.74, 6) is -0.402. The number of carbonyl (C=O) groups is 2. The summed E-state index contributed by atoms with van der Waals surface area (Å²) in [4.78, 5) is 25.5. The predicted octanol–water partition coefficient (Wildman–Crippen LogP) is 2.56. The van der Waals surface area contributed by atoms with E-state index in [9.17, 15) is 9.59 Å². The van der Waals surface area contributed by atoms with E-state index in [0.29, 0.717) is 5.56 Å². The fourth-order valence-corrected chi connectivity index (χ4v) is 1.83. The first-order chi connectivity index (χ1) is 8.63. The molecule has 0 bridgehead atoms. The maximum atomic E-state index is 11.4. The maximum Gasteiger partial charge on any atom is 0.330 e. The molecule has 0 spiro atoms. The van der Waals surface area contributed by atoms with Gasteiger partial charge in [0.2, 0.25) is 0 Å². The van der Waals surface area contributed by atoms with Crippen molar-refractivity contribution in [3.63, 3.8) is 0 Å². The van der Waals surface area contributed by atoms with Crippen molar-refractivity contribution in [3.8, 4) is 0 Å². The van der Waals surface area contributed by atoms with Gasteiger partial charge < -0.3 is 9.72 Å². The minimum Gasteiger partial charge on any atom is -0.466 e. The van der Waals surface area contributed by atoms with Gasteiger partial charge in [0.15, 0.2) is 5.78 Å². The van der Waals surface area contributed by atoms with E-state index in [-0.39, 0.29) is 5.78 Å². The molecule has 0 aliphatic carbocycles. The number of fused-ring (bicyclic) bond motifs is 1. The van der Waals surface area contributed by atoms with Gasteiger partial charge in [-0.3, -0.25) is 4.79 Å². The molecule has 0 unspecified atom stereocenters. The summed E-state index contributed by atoms with van der Waals surface area (Å²) in [5.41, 5.74) is 2.33. The molecule has 0 aliphatic rings. The molecule has 2 rings (SSSR count). The summed E-state index contributed by atoms with van der Waals surface area (Å²) in [5, 5.41) is 0.856. The third kappa shape index (κ3) is 2.18. The number of para-hydroxylation sites is 1. The second-order valence-electron chi connectivity index (χ2n) is 3.88. The summed E-state index contributed by atoms with van der Waals surface area (Å²) in [6.45, 7) is 1.53. The van der Waals surface area contributed by atoms with Crippen LogP contribution in [0.3, 0.4) is 0 Å². The molecule has 4 nitrogen and oxygen atoms in total. The molecular weight excluding hydrogens is 230 g/mol. The molecule has 0 fully saturated rings. The van der Waals surface area contributed by atoms with E-state index in [1.54, 1.807) is 12.3 Å². The van der Waals surface area contributed by atoms with Crippen molar-refractivity contribution in [1.82, 2.24) is 4.98 Å². The number of ketones is 1. The van der Waals surface area contributed by atoms with E-state index >= 15 is 0 Å². The van der Waals surface area contributed by atoms with Crippen molar-refractivity contribution in [2.45, 2.75) is 6.92 Å². The normalized spacial score (nSPS) is 11.0. The Kier molecular flexibility index (Phi) is 3.28. The number of Topliss-reactive ketones (excluding diaryl/α,β-unsaturated/α-hetero) is 1. The van der Waals surface area contributed by atoms with Crippen LogP contribution >= 0.6 is 0 Å². The first-order valence-electron chi connectivity index (χ1n) is 5.50. The van der Waals surface area contributed by atoms with Crippen LogP contribution in [-0.4, -0.2) is 23.8 Å². The minimum atomic E-state index is -0.412. The topological polar surface area (TPSA) is 59.2 Å². The van der Waals surface area contributed by atoms with Crippen molar-refractivity contribution >= 4 is 28.7 Å². The quantitative estimate of drug-likeness (QED) is 0.512. The lowest BCUT2D eigenvalue weighted by Gasteiger charge is -1.98. The first kappa shape index (κ1) is 12.1. The van der Waals surface area contributed by atoms with Gasteiger partial charge in [-0.05, 0) is 18.6 Å². The predicted molar refractivity (Wildman–Crippen MR) is 69.4 cm³/mol. The molecule has 4 heteroatoms. The van der Waals surface area contributed by atoms with Crippen molar-refractivity contribution in [2.75, 3.05) is 7.11 Å². The Morgan fingerprint density at radius 2 is 2.11 bits per heavy atom. The Balaban J connectivity index is 2.50. The van der Waals surface area contributed by atoms with Gasteiger partial charge in [0.1, 0.15) is 0 Å². The third-order valence-electron chi connectivity index (χ3n) is 2.73. The van der Waals surface area contributed by atoms with Crippen LogP contribution in [0.15, 0.2) is 30.5 Å². The van der Waals surface area contributed by atoms with Crippen molar-refractivity contribution in [1.29, 1.82) is 0 Å². The Morgan fingerprint density at radius 3 is 2.78 bits per heavy atom. The van der Waals surface area contributed by atoms with Crippen LogP contribution in [0.5, 0.6) is 0 Å². The molecule has 0 radical (unpaired) electrons. The number of aromatic amines is 1. The zero-order valence-electron chi connectivity index (χ0n) is 10.2. The molecule has 0 atom stereocenters. The van der Waals surface area contributed by atoms with Crippen LogP contribution in [0.4, 0.5) is 0 Å². The number of benzene rings is 1.